The van der Waals surface area contributed by atoms with Gasteiger partial charge in [-0.05, 0) is 212 Å². The van der Waals surface area contributed by atoms with Gasteiger partial charge in [-0.2, -0.15) is 0 Å². The van der Waals surface area contributed by atoms with Gasteiger partial charge in [-0.15, -0.1) is 0 Å². The second kappa shape index (κ2) is 36.4. The molecule has 8 fully saturated rings. The molecule has 0 unspecified atom stereocenters. The van der Waals surface area contributed by atoms with E-state index in [1.165, 1.54) is 48.4 Å². The molecule has 638 valence electrons. The fourth-order valence-corrected chi connectivity index (χ4v) is 18.2. The number of ether oxygens (including phenoxy) is 4. The number of carbonyl (C=O) groups is 3. The highest BCUT2D eigenvalue weighted by Crippen LogP contribution is 2.55. The second-order valence-electron chi connectivity index (χ2n) is 34.3. The van der Waals surface area contributed by atoms with Crippen molar-refractivity contribution in [1.29, 1.82) is 0 Å². The third-order valence-electron chi connectivity index (χ3n) is 25.1. The summed E-state index contributed by atoms with van der Waals surface area (Å²) < 4.78 is 44.2. The largest absolute Gasteiger partial charge is 0.457 e. The number of hydrogen-bond acceptors (Lipinski definition) is 19. The first kappa shape index (κ1) is 82.3. The maximum Gasteiger partial charge on any atom is 0.246 e. The molecule has 6 aromatic carbocycles. The topological polar surface area (TPSA) is 278 Å². The van der Waals surface area contributed by atoms with Crippen molar-refractivity contribution in [2.45, 2.75) is 125 Å². The van der Waals surface area contributed by atoms with Gasteiger partial charge >= 0.3 is 0 Å². The van der Waals surface area contributed by atoms with Gasteiger partial charge in [-0.1, -0.05) is 97.1 Å². The lowest BCUT2D eigenvalue weighted by Gasteiger charge is -2.21. The number of para-hydroxylation sites is 2. The Morgan fingerprint density at radius 1 is 0.411 bits per heavy atom. The molecule has 0 spiro atoms. The van der Waals surface area contributed by atoms with Crippen molar-refractivity contribution in [3.63, 3.8) is 0 Å². The van der Waals surface area contributed by atoms with Crippen LogP contribution < -0.4 is 31.4 Å². The van der Waals surface area contributed by atoms with Crippen molar-refractivity contribution >= 4 is 68.3 Å². The quantitative estimate of drug-likeness (QED) is 0.0425. The molecule has 124 heavy (non-hydrogen) atoms. The highest BCUT2D eigenvalue weighted by atomic mass is 19.1. The standard InChI is InChI=1S/C34H38N6O3.C33H35FN6O2.C31H34N6O2/c1-38(26-16-19-42-21-26)17-5-8-29(41)39-18-15-25(20-39)40-32(24-9-10-24)30(31-33(35)36-22-37-34(31)40)23-11-13-28(14-12-23)43-27-6-3-2-4-7-27;1-38(24-11-12-24)16-3-6-28(41)39-17-15-25(19-39)40-31(22-7-8-22)29(30-32(35)36-20-37-33(30)40)21-9-13-26(14-10-21)42-27-5-2-4-23(34)18-27;1-35(2)17-6-9-26(38)36-18-16-23(19-36)37-29(22-10-11-22)27(28-30(32)33-20-34-31(28)37)21-12-14-25(15-13-21)39-24-7-4-3-5-8-24/h2-8,11-14,22,24-26H,9-10,15-21H2,1H3,(H2,35,36,37);2-6,9-10,13-14,18,20,22,24-25H,7-8,11-12,15-17,19H2,1H3,(H2,35,36,37);3-9,12-15,20,22-23H,10-11,16-19H2,1-2H3,(H2,32,33,34)/b8-5+;6-3+;9-6+/t25-,26-;25-;23-/m111/s1. The average Bonchev–Trinajstić information content (AvgIpc) is 1.58. The predicted octanol–water partition coefficient (Wildman–Crippen LogP) is 16.6. The fraction of sp³-hybridized carbons (Fsp3) is 0.357. The third-order valence-corrected chi connectivity index (χ3v) is 25.1. The van der Waals surface area contributed by atoms with Crippen molar-refractivity contribution in [3.8, 4) is 67.9 Å². The van der Waals surface area contributed by atoms with Gasteiger partial charge in [0.05, 0.1) is 40.9 Å². The summed E-state index contributed by atoms with van der Waals surface area (Å²) in [6.07, 6.45) is 28.6. The Kier molecular flexibility index (Phi) is 24.2. The van der Waals surface area contributed by atoms with E-state index >= 15 is 0 Å². The number of hydrogen-bond donors (Lipinski definition) is 3. The molecule has 20 rings (SSSR count). The smallest absolute Gasteiger partial charge is 0.246 e. The van der Waals surface area contributed by atoms with Crippen LogP contribution in [0.3, 0.4) is 0 Å². The van der Waals surface area contributed by atoms with Crippen LogP contribution in [0, 0.1) is 5.82 Å². The molecule has 25 nitrogen and oxygen atoms in total. The number of nitrogen functional groups attached to an aromatic ring is 3. The van der Waals surface area contributed by atoms with E-state index in [1.807, 2.05) is 161 Å². The molecule has 0 radical (unpaired) electrons. The van der Waals surface area contributed by atoms with Crippen molar-refractivity contribution in [2.75, 3.05) is 118 Å². The van der Waals surface area contributed by atoms with Crippen molar-refractivity contribution in [3.05, 3.63) is 236 Å². The molecule has 3 amide bonds. The van der Waals surface area contributed by atoms with Crippen molar-refractivity contribution in [2.24, 2.45) is 0 Å². The van der Waals surface area contributed by atoms with Crippen LogP contribution in [0.4, 0.5) is 21.8 Å². The number of rotatable bonds is 26. The van der Waals surface area contributed by atoms with Gasteiger partial charge in [0, 0.05) is 136 Å². The number of halogens is 1. The van der Waals surface area contributed by atoms with Crippen LogP contribution in [0.5, 0.6) is 34.5 Å². The highest BCUT2D eigenvalue weighted by Gasteiger charge is 2.42. The van der Waals surface area contributed by atoms with E-state index in [9.17, 15) is 18.8 Å². The van der Waals surface area contributed by atoms with E-state index in [1.54, 1.807) is 43.0 Å². The number of carbonyl (C=O) groups excluding carboxylic acids is 3. The number of benzene rings is 6. The zero-order valence-electron chi connectivity index (χ0n) is 70.8. The number of anilines is 3. The molecular formula is C98H107FN18O7. The van der Waals surface area contributed by atoms with Gasteiger partial charge in [0.1, 0.15) is 93.7 Å². The molecule has 4 saturated carbocycles. The molecule has 6 aromatic heterocycles. The van der Waals surface area contributed by atoms with E-state index < -0.39 is 0 Å². The third kappa shape index (κ3) is 18.2. The van der Waals surface area contributed by atoms with E-state index in [-0.39, 0.29) is 41.7 Å². The number of nitrogens with two attached hydrogens (primary N) is 3. The fourth-order valence-electron chi connectivity index (χ4n) is 18.2. The SMILES string of the molecule is CN(C)C/C=C/C(=O)N1CC[C@@H](n2c(C3CC3)c(-c3ccc(Oc4ccccc4)cc3)c3c(N)ncnc32)C1.CN(C/C=C/C(=O)N1CC[C@@H](n2c(C3CC3)c(-c3ccc(Oc4cccc(F)c4)cc3)c3c(N)ncnc32)C1)C1CC1.CN(C/C=C/C(=O)N1CC[C@@H](n2c(C3CC3)c(-c3ccc(Oc4ccccc4)cc3)c3c(N)ncnc32)C1)[C@@H]1CCOC1. The molecule has 4 aliphatic carbocycles. The Balaban J connectivity index is 0.000000127. The minimum atomic E-state index is -0.342. The van der Waals surface area contributed by atoms with E-state index in [4.69, 9.17) is 51.1 Å². The summed E-state index contributed by atoms with van der Waals surface area (Å²) in [5.41, 5.74) is 32.2. The highest BCUT2D eigenvalue weighted by molar-refractivity contribution is 6.05. The molecule has 4 aliphatic heterocycles. The summed E-state index contributed by atoms with van der Waals surface area (Å²) >= 11 is 0. The lowest BCUT2D eigenvalue weighted by molar-refractivity contribution is -0.125. The zero-order chi connectivity index (χ0) is 85.1. The Morgan fingerprint density at radius 2 is 0.758 bits per heavy atom. The number of likely N-dealkylation sites (N-methyl/N-ethyl adjacent to an activating group) is 3. The van der Waals surface area contributed by atoms with Crippen LogP contribution in [0.1, 0.15) is 130 Å². The van der Waals surface area contributed by atoms with Gasteiger partial charge in [-0.25, -0.2) is 34.3 Å². The minimum Gasteiger partial charge on any atom is -0.457 e. The van der Waals surface area contributed by atoms with E-state index in [2.05, 4.69) is 76.8 Å². The lowest BCUT2D eigenvalue weighted by atomic mass is 10.0. The molecule has 12 aromatic rings. The first-order chi connectivity index (χ1) is 60.5. The van der Waals surface area contributed by atoms with Crippen LogP contribution >= 0.6 is 0 Å². The molecule has 0 bridgehead atoms. The lowest BCUT2D eigenvalue weighted by Crippen LogP contribution is -2.32. The molecule has 10 heterocycles. The maximum absolute atomic E-state index is 13.6. The Morgan fingerprint density at radius 3 is 1.10 bits per heavy atom. The predicted molar refractivity (Wildman–Crippen MR) is 482 cm³/mol. The monoisotopic (exact) mass is 1670 g/mol. The number of likely N-dealkylation sites (tertiary alicyclic amines) is 3. The molecule has 8 aliphatic rings. The minimum absolute atomic E-state index is 0.0615. The maximum atomic E-state index is 13.6. The summed E-state index contributed by atoms with van der Waals surface area (Å²) in [6, 6.07) is 51.3. The molecular weight excluding hydrogens is 1560 g/mol. The Hall–Kier alpha value is -12.6. The van der Waals surface area contributed by atoms with Crippen LogP contribution in [-0.2, 0) is 19.1 Å². The zero-order valence-corrected chi connectivity index (χ0v) is 70.8. The number of fused-ring (bicyclic) bond motifs is 3. The number of aromatic nitrogens is 9. The Labute approximate surface area is 721 Å². The van der Waals surface area contributed by atoms with Gasteiger partial charge < -0.3 is 69.4 Å². The normalized spacial score (nSPS) is 19.0. The molecule has 26 heteroatoms. The Bertz CT molecular complexity index is 5930. The summed E-state index contributed by atoms with van der Waals surface area (Å²) in [7, 11) is 8.19. The van der Waals surface area contributed by atoms with Crippen LogP contribution in [0.2, 0.25) is 0 Å². The van der Waals surface area contributed by atoms with Crippen LogP contribution in [-0.4, -0.2) is 203 Å². The summed E-state index contributed by atoms with van der Waals surface area (Å²) in [5.74, 6) is 6.75. The van der Waals surface area contributed by atoms with Crippen molar-refractivity contribution in [1.82, 2.24) is 73.0 Å². The van der Waals surface area contributed by atoms with Crippen LogP contribution in [0.15, 0.2) is 213 Å². The summed E-state index contributed by atoms with van der Waals surface area (Å²) in [4.78, 5) is 79.0. The average molecular weight is 1670 g/mol. The summed E-state index contributed by atoms with van der Waals surface area (Å²) in [5, 5.41) is 2.64. The van der Waals surface area contributed by atoms with Gasteiger partial charge in [0.15, 0.2) is 0 Å². The van der Waals surface area contributed by atoms with Gasteiger partial charge in [-0.3, -0.25) is 24.2 Å². The van der Waals surface area contributed by atoms with Gasteiger partial charge in [0.2, 0.25) is 17.7 Å². The molecule has 4 saturated heterocycles. The van der Waals surface area contributed by atoms with E-state index in [0.29, 0.717) is 91.5 Å². The van der Waals surface area contributed by atoms with E-state index in [0.717, 1.165) is 193 Å². The molecule has 4 atom stereocenters. The van der Waals surface area contributed by atoms with Gasteiger partial charge in [0.25, 0.3) is 0 Å². The molecule has 6 N–H and O–H groups in total. The first-order valence-electron chi connectivity index (χ1n) is 43.6. The first-order valence-corrected chi connectivity index (χ1v) is 43.6. The number of amides is 3. The van der Waals surface area contributed by atoms with Crippen molar-refractivity contribution < 1.29 is 37.7 Å². The summed E-state index contributed by atoms with van der Waals surface area (Å²) in [6.45, 7) is 7.93. The number of nitrogens with zero attached hydrogens (tertiary/aromatic N) is 15. The second-order valence-corrected chi connectivity index (χ2v) is 34.3. The van der Waals surface area contributed by atoms with Crippen LogP contribution in [0.25, 0.3) is 66.5 Å².